The molecule has 0 saturated heterocycles. The highest BCUT2D eigenvalue weighted by molar-refractivity contribution is 5.92. The first kappa shape index (κ1) is 27.8. The number of anilines is 1. The lowest BCUT2D eigenvalue weighted by Crippen LogP contribution is -2.36. The molecular weight excluding hydrogens is 530 g/mol. The van der Waals surface area contributed by atoms with Crippen LogP contribution in [0.2, 0.25) is 0 Å². The predicted octanol–water partition coefficient (Wildman–Crippen LogP) is 6.45. The standard InChI is InChI=1S/C32H37N7O3/c1-19(40)29-34-26(32(2,3)4)17-27(35-29)36-31(41)33-24-14-15-25(23-12-8-7-11-22(23)24)42-21-13-16-28-37-38-30(39(28)18-21)20-9-5-6-10-20/h7-8,11-13,16-18,20,24-25H,5-6,9-10,14-15H2,1-4H3,(H2,33,34,35,36,41)/t24-,25+/m0/s1. The lowest BCUT2D eigenvalue weighted by molar-refractivity contribution is 0.100. The minimum absolute atomic E-state index is 0.0840. The van der Waals surface area contributed by atoms with Gasteiger partial charge in [-0.2, -0.15) is 0 Å². The van der Waals surface area contributed by atoms with Crippen molar-refractivity contribution in [1.29, 1.82) is 0 Å². The van der Waals surface area contributed by atoms with E-state index in [2.05, 4.69) is 41.3 Å². The molecule has 2 aliphatic carbocycles. The fourth-order valence-electron chi connectivity index (χ4n) is 5.97. The first-order valence-electron chi connectivity index (χ1n) is 14.7. The molecule has 0 spiro atoms. The highest BCUT2D eigenvalue weighted by atomic mass is 16.5. The van der Waals surface area contributed by atoms with Crippen LogP contribution in [-0.2, 0) is 5.41 Å². The van der Waals surface area contributed by atoms with E-state index < -0.39 is 0 Å². The molecular formula is C32H37N7O3. The van der Waals surface area contributed by atoms with Gasteiger partial charge in [-0.3, -0.25) is 14.5 Å². The topological polar surface area (TPSA) is 123 Å². The van der Waals surface area contributed by atoms with E-state index in [9.17, 15) is 9.59 Å². The van der Waals surface area contributed by atoms with Crippen molar-refractivity contribution < 1.29 is 14.3 Å². The van der Waals surface area contributed by atoms with Gasteiger partial charge in [0.05, 0.1) is 17.9 Å². The van der Waals surface area contributed by atoms with E-state index >= 15 is 0 Å². The number of ketones is 1. The number of ether oxygens (including phenoxy) is 1. The van der Waals surface area contributed by atoms with Crippen molar-refractivity contribution in [1.82, 2.24) is 29.9 Å². The number of nitrogens with one attached hydrogen (secondary N) is 2. The van der Waals surface area contributed by atoms with Crippen molar-refractivity contribution in [3.63, 3.8) is 0 Å². The molecule has 1 saturated carbocycles. The second-order valence-corrected chi connectivity index (χ2v) is 12.4. The van der Waals surface area contributed by atoms with Crippen LogP contribution in [0.15, 0.2) is 48.7 Å². The molecule has 2 atom stereocenters. The third kappa shape index (κ3) is 5.70. The monoisotopic (exact) mass is 567 g/mol. The Morgan fingerprint density at radius 1 is 0.952 bits per heavy atom. The Morgan fingerprint density at radius 3 is 2.45 bits per heavy atom. The highest BCUT2D eigenvalue weighted by Crippen LogP contribution is 2.39. The zero-order valence-corrected chi connectivity index (χ0v) is 24.6. The molecule has 0 aliphatic heterocycles. The van der Waals surface area contributed by atoms with Gasteiger partial charge in [0.2, 0.25) is 0 Å². The Balaban J connectivity index is 1.18. The fraction of sp³-hybridized carbons (Fsp3) is 0.438. The summed E-state index contributed by atoms with van der Waals surface area (Å²) in [6.07, 6.45) is 8.05. The molecule has 2 amide bonds. The van der Waals surface area contributed by atoms with E-state index in [0.717, 1.165) is 47.6 Å². The molecule has 10 nitrogen and oxygen atoms in total. The maximum atomic E-state index is 13.1. The highest BCUT2D eigenvalue weighted by Gasteiger charge is 2.30. The molecule has 3 aromatic heterocycles. The van der Waals surface area contributed by atoms with Crippen molar-refractivity contribution in [3.8, 4) is 5.75 Å². The molecule has 2 aliphatic rings. The number of hydrogen-bond acceptors (Lipinski definition) is 7. The molecule has 4 aromatic rings. The van der Waals surface area contributed by atoms with E-state index in [1.807, 2.05) is 57.3 Å². The number of aromatic nitrogens is 5. The average molecular weight is 568 g/mol. The number of rotatable bonds is 6. The maximum Gasteiger partial charge on any atom is 0.320 e. The van der Waals surface area contributed by atoms with Crippen LogP contribution in [0, 0.1) is 0 Å². The van der Waals surface area contributed by atoms with Crippen LogP contribution < -0.4 is 15.4 Å². The van der Waals surface area contributed by atoms with Gasteiger partial charge in [-0.05, 0) is 48.9 Å². The van der Waals surface area contributed by atoms with Gasteiger partial charge >= 0.3 is 6.03 Å². The molecule has 2 N–H and O–H groups in total. The summed E-state index contributed by atoms with van der Waals surface area (Å²) < 4.78 is 8.63. The molecule has 218 valence electrons. The van der Waals surface area contributed by atoms with Crippen molar-refractivity contribution in [2.24, 2.45) is 0 Å². The van der Waals surface area contributed by atoms with Gasteiger partial charge in [-0.1, -0.05) is 57.9 Å². The van der Waals surface area contributed by atoms with Crippen molar-refractivity contribution in [2.75, 3.05) is 5.32 Å². The number of Topliss-reactive ketones (excluding diaryl/α,β-unsaturated/α-hetero) is 1. The van der Waals surface area contributed by atoms with Gasteiger partial charge in [0, 0.05) is 24.3 Å². The smallest absolute Gasteiger partial charge is 0.320 e. The molecule has 0 bridgehead atoms. The maximum absolute atomic E-state index is 13.1. The van der Waals surface area contributed by atoms with E-state index in [1.165, 1.54) is 19.8 Å². The number of amides is 2. The third-order valence-corrected chi connectivity index (χ3v) is 8.19. The molecule has 10 heteroatoms. The van der Waals surface area contributed by atoms with E-state index in [1.54, 1.807) is 6.07 Å². The lowest BCUT2D eigenvalue weighted by Gasteiger charge is -2.32. The molecule has 1 aromatic carbocycles. The minimum atomic E-state index is -0.389. The average Bonchev–Trinajstić information content (AvgIpc) is 3.63. The SMILES string of the molecule is CC(=O)c1nc(NC(=O)N[C@H]2CC[C@@H](Oc3ccc4nnc(C5CCCC5)n4c3)c3ccccc32)cc(C(C)(C)C)n1. The Bertz CT molecular complexity index is 1630. The molecule has 6 rings (SSSR count). The Kier molecular flexibility index (Phi) is 7.38. The fourth-order valence-corrected chi connectivity index (χ4v) is 5.97. The summed E-state index contributed by atoms with van der Waals surface area (Å²) in [4.78, 5) is 33.8. The van der Waals surface area contributed by atoms with Crippen LogP contribution in [0.4, 0.5) is 10.6 Å². The minimum Gasteiger partial charge on any atom is -0.484 e. The summed E-state index contributed by atoms with van der Waals surface area (Å²) in [6.45, 7) is 7.42. The number of carbonyl (C=O) groups is 2. The number of pyridine rings is 1. The number of fused-ring (bicyclic) bond motifs is 2. The molecule has 42 heavy (non-hydrogen) atoms. The van der Waals surface area contributed by atoms with E-state index in [4.69, 9.17) is 4.74 Å². The molecule has 3 heterocycles. The second kappa shape index (κ2) is 11.2. The van der Waals surface area contributed by atoms with Crippen LogP contribution in [0.1, 0.15) is 118 Å². The zero-order chi connectivity index (χ0) is 29.4. The molecule has 0 unspecified atom stereocenters. The van der Waals surface area contributed by atoms with Crippen LogP contribution in [-0.4, -0.2) is 36.4 Å². The van der Waals surface area contributed by atoms with Crippen LogP contribution in [0.3, 0.4) is 0 Å². The number of urea groups is 1. The number of carbonyl (C=O) groups excluding carboxylic acids is 2. The van der Waals surface area contributed by atoms with Gasteiger partial charge in [-0.25, -0.2) is 14.8 Å². The van der Waals surface area contributed by atoms with Crippen LogP contribution in [0.5, 0.6) is 5.75 Å². The summed E-state index contributed by atoms with van der Waals surface area (Å²) in [7, 11) is 0. The zero-order valence-electron chi connectivity index (χ0n) is 24.6. The Morgan fingerprint density at radius 2 is 1.71 bits per heavy atom. The largest absolute Gasteiger partial charge is 0.484 e. The predicted molar refractivity (Wildman–Crippen MR) is 159 cm³/mol. The van der Waals surface area contributed by atoms with Gasteiger partial charge in [0.15, 0.2) is 17.3 Å². The van der Waals surface area contributed by atoms with Crippen molar-refractivity contribution in [2.45, 2.75) is 89.7 Å². The van der Waals surface area contributed by atoms with Crippen LogP contribution in [0.25, 0.3) is 5.65 Å². The van der Waals surface area contributed by atoms with Crippen molar-refractivity contribution >= 4 is 23.3 Å². The van der Waals surface area contributed by atoms with E-state index in [-0.39, 0.29) is 35.2 Å². The summed E-state index contributed by atoms with van der Waals surface area (Å²) >= 11 is 0. The summed E-state index contributed by atoms with van der Waals surface area (Å²) in [5.74, 6) is 2.35. The van der Waals surface area contributed by atoms with Gasteiger partial charge in [-0.15, -0.1) is 10.2 Å². The van der Waals surface area contributed by atoms with Gasteiger partial charge in [0.25, 0.3) is 0 Å². The lowest BCUT2D eigenvalue weighted by atomic mass is 9.85. The summed E-state index contributed by atoms with van der Waals surface area (Å²) in [5.41, 5.74) is 3.26. The number of benzene rings is 1. The van der Waals surface area contributed by atoms with Gasteiger partial charge in [0.1, 0.15) is 23.5 Å². The summed E-state index contributed by atoms with van der Waals surface area (Å²) in [6, 6.07) is 13.1. The molecule has 1 fully saturated rings. The second-order valence-electron chi connectivity index (χ2n) is 12.4. The number of nitrogens with zero attached hydrogens (tertiary/aromatic N) is 5. The van der Waals surface area contributed by atoms with Gasteiger partial charge < -0.3 is 10.1 Å². The normalized spacial score (nSPS) is 19.0. The van der Waals surface area contributed by atoms with Crippen molar-refractivity contribution in [3.05, 3.63) is 77.1 Å². The molecule has 0 radical (unpaired) electrons. The quantitative estimate of drug-likeness (QED) is 0.257. The number of hydrogen-bond donors (Lipinski definition) is 2. The van der Waals surface area contributed by atoms with Crippen LogP contribution >= 0.6 is 0 Å². The van der Waals surface area contributed by atoms with E-state index in [0.29, 0.717) is 23.9 Å². The first-order valence-corrected chi connectivity index (χ1v) is 14.7. The third-order valence-electron chi connectivity index (χ3n) is 8.19. The Labute approximate surface area is 245 Å². The summed E-state index contributed by atoms with van der Waals surface area (Å²) in [5, 5.41) is 14.8. The first-order chi connectivity index (χ1) is 20.2. The Hall–Kier alpha value is -4.34.